The number of amides is 5. The van der Waals surface area contributed by atoms with Crippen LogP contribution in [0.4, 0.5) is 0 Å². The topological polar surface area (TPSA) is 240 Å². The second-order valence-corrected chi connectivity index (χ2v) is 14.0. The van der Waals surface area contributed by atoms with Crippen LogP contribution in [0.25, 0.3) is 0 Å². The average molecular weight is 723 g/mol. The first kappa shape index (κ1) is 39.4. The molecule has 0 aromatic heterocycles. The van der Waals surface area contributed by atoms with Crippen LogP contribution in [0.5, 0.6) is 0 Å². The Morgan fingerprint density at radius 3 is 1.71 bits per heavy atom. The Balaban J connectivity index is 1.49. The van der Waals surface area contributed by atoms with Gasteiger partial charge in [-0.25, -0.2) is 4.79 Å². The number of hydrogen-bond donors (Lipinski definition) is 6. The van der Waals surface area contributed by atoms with Gasteiger partial charge in [-0.15, -0.1) is 5.06 Å². The number of hydroxylamine groups is 2. The molecule has 3 rings (SSSR count). The smallest absolute Gasteiger partial charge is 0.333 e. The summed E-state index contributed by atoms with van der Waals surface area (Å²) in [5.41, 5.74) is 2.48. The van der Waals surface area contributed by atoms with Crippen LogP contribution in [-0.4, -0.2) is 91.2 Å². The number of benzene rings is 2. The minimum atomic E-state index is -4.22. The SMILES string of the molecule is O=C(Cc1ccc(CP(O)O)cc1)NCCN(CCNC(=O)Cc1ccc(CP(=O)(O)O)cc1)C(=O)CCCC(=O)ON1C(=O)CCC1=O. The summed E-state index contributed by atoms with van der Waals surface area (Å²) in [6.45, 7) is 0.352. The molecule has 0 spiro atoms. The summed E-state index contributed by atoms with van der Waals surface area (Å²) in [4.78, 5) is 116. The lowest BCUT2D eigenvalue weighted by molar-refractivity contribution is -0.197. The van der Waals surface area contributed by atoms with Crippen LogP contribution in [-0.2, 0) is 63.3 Å². The van der Waals surface area contributed by atoms with Gasteiger partial charge in [-0.2, -0.15) is 0 Å². The van der Waals surface area contributed by atoms with Gasteiger partial charge in [0.15, 0.2) is 8.38 Å². The lowest BCUT2D eigenvalue weighted by Gasteiger charge is -2.23. The normalized spacial score (nSPS) is 13.0. The maximum atomic E-state index is 13.1. The van der Waals surface area contributed by atoms with E-state index in [0.29, 0.717) is 21.8 Å². The monoisotopic (exact) mass is 722 g/mol. The summed E-state index contributed by atoms with van der Waals surface area (Å²) in [6.07, 6.45) is -0.570. The number of rotatable bonds is 19. The van der Waals surface area contributed by atoms with E-state index in [1.54, 1.807) is 36.4 Å². The Labute approximate surface area is 283 Å². The third kappa shape index (κ3) is 14.9. The third-order valence-corrected chi connectivity index (χ3v) is 8.64. The molecule has 0 aliphatic carbocycles. The molecule has 0 radical (unpaired) electrons. The van der Waals surface area contributed by atoms with Crippen LogP contribution < -0.4 is 10.6 Å². The Bertz CT molecular complexity index is 1510. The number of hydrogen-bond acceptors (Lipinski definition) is 10. The van der Waals surface area contributed by atoms with Gasteiger partial charge < -0.3 is 39.9 Å². The third-order valence-electron chi connectivity index (χ3n) is 7.22. The van der Waals surface area contributed by atoms with Crippen LogP contribution in [0, 0.1) is 0 Å². The minimum absolute atomic E-state index is 0.00715. The highest BCUT2D eigenvalue weighted by molar-refractivity contribution is 7.50. The van der Waals surface area contributed by atoms with Crippen LogP contribution in [0.3, 0.4) is 0 Å². The van der Waals surface area contributed by atoms with Crippen molar-refractivity contribution in [2.24, 2.45) is 0 Å². The number of imide groups is 1. The zero-order valence-electron chi connectivity index (χ0n) is 26.7. The van der Waals surface area contributed by atoms with Crippen LogP contribution >= 0.6 is 16.0 Å². The predicted octanol–water partition coefficient (Wildman–Crippen LogP) is 0.785. The van der Waals surface area contributed by atoms with Crippen molar-refractivity contribution in [1.29, 1.82) is 0 Å². The van der Waals surface area contributed by atoms with Gasteiger partial charge in [-0.05, 0) is 28.7 Å². The molecule has 266 valence electrons. The van der Waals surface area contributed by atoms with Gasteiger partial charge in [0.2, 0.25) is 17.7 Å². The highest BCUT2D eigenvalue weighted by atomic mass is 31.2. The molecule has 1 fully saturated rings. The van der Waals surface area contributed by atoms with Crippen molar-refractivity contribution in [3.8, 4) is 0 Å². The van der Waals surface area contributed by atoms with Crippen molar-refractivity contribution in [2.75, 3.05) is 26.2 Å². The number of nitrogens with zero attached hydrogens (tertiary/aromatic N) is 2. The Hall–Kier alpha value is -4.04. The quantitative estimate of drug-likeness (QED) is 0.0872. The molecule has 0 atom stereocenters. The standard InChI is InChI=1S/C31H40N4O12P2/c36-26(18-22-4-8-24(9-5-22)20-48(42)43)32-14-16-34(28(38)2-1-3-31(41)47-35-29(39)12-13-30(35)40)17-15-33-27(37)19-23-6-10-25(11-7-23)21-49(44,45)46/h4-11,42-43H,1-3,12-21H2,(H,32,36)(H,33,37)(H2,44,45,46). The van der Waals surface area contributed by atoms with Gasteiger partial charge in [-0.3, -0.25) is 28.5 Å². The second-order valence-electron chi connectivity index (χ2n) is 11.3. The van der Waals surface area contributed by atoms with Crippen molar-refractivity contribution in [3.63, 3.8) is 0 Å². The summed E-state index contributed by atoms with van der Waals surface area (Å²) >= 11 is 0. The molecule has 0 bridgehead atoms. The maximum absolute atomic E-state index is 13.1. The first-order chi connectivity index (χ1) is 23.2. The average Bonchev–Trinajstić information content (AvgIpc) is 3.33. The van der Waals surface area contributed by atoms with E-state index in [1.807, 2.05) is 0 Å². The fourth-order valence-corrected chi connectivity index (χ4v) is 6.02. The van der Waals surface area contributed by atoms with E-state index in [0.717, 1.165) is 5.56 Å². The van der Waals surface area contributed by atoms with Crippen LogP contribution in [0.15, 0.2) is 48.5 Å². The lowest BCUT2D eigenvalue weighted by Crippen LogP contribution is -2.43. The van der Waals surface area contributed by atoms with E-state index in [9.17, 15) is 33.3 Å². The zero-order chi connectivity index (χ0) is 36.0. The first-order valence-corrected chi connectivity index (χ1v) is 18.6. The van der Waals surface area contributed by atoms with Gasteiger partial charge in [0.1, 0.15) is 0 Å². The fraction of sp³-hybridized carbons (Fsp3) is 0.419. The summed E-state index contributed by atoms with van der Waals surface area (Å²) < 4.78 is 11.2. The second kappa shape index (κ2) is 19.2. The molecule has 0 saturated carbocycles. The molecule has 49 heavy (non-hydrogen) atoms. The fourth-order valence-electron chi connectivity index (χ4n) is 4.79. The molecule has 2 aromatic carbocycles. The van der Waals surface area contributed by atoms with Gasteiger partial charge in [-0.1, -0.05) is 48.5 Å². The molecule has 18 heteroatoms. The van der Waals surface area contributed by atoms with E-state index >= 15 is 0 Å². The largest absolute Gasteiger partial charge is 0.354 e. The summed E-state index contributed by atoms with van der Waals surface area (Å²) in [5, 5.41) is 5.91. The van der Waals surface area contributed by atoms with Crippen molar-refractivity contribution >= 4 is 51.5 Å². The van der Waals surface area contributed by atoms with Gasteiger partial charge in [0, 0.05) is 58.0 Å². The number of nitrogens with one attached hydrogen (secondary N) is 2. The molecule has 6 N–H and O–H groups in total. The van der Waals surface area contributed by atoms with Gasteiger partial charge >= 0.3 is 13.6 Å². The molecular formula is C31H40N4O12P2. The number of carbonyl (C=O) groups excluding carboxylic acids is 6. The minimum Gasteiger partial charge on any atom is -0.354 e. The zero-order valence-corrected chi connectivity index (χ0v) is 28.4. The molecule has 1 aliphatic rings. The van der Waals surface area contributed by atoms with Crippen LogP contribution in [0.1, 0.15) is 54.4 Å². The maximum Gasteiger partial charge on any atom is 0.333 e. The van der Waals surface area contributed by atoms with E-state index in [4.69, 9.17) is 24.4 Å². The highest BCUT2D eigenvalue weighted by Crippen LogP contribution is 2.38. The molecule has 1 saturated heterocycles. The van der Waals surface area contributed by atoms with E-state index in [-0.39, 0.29) is 95.0 Å². The van der Waals surface area contributed by atoms with Gasteiger partial charge in [0.05, 0.1) is 19.0 Å². The molecular weight excluding hydrogens is 682 g/mol. The highest BCUT2D eigenvalue weighted by Gasteiger charge is 2.32. The molecule has 1 heterocycles. The van der Waals surface area contributed by atoms with E-state index in [1.165, 1.54) is 17.0 Å². The Morgan fingerprint density at radius 1 is 0.776 bits per heavy atom. The molecule has 2 aromatic rings. The van der Waals surface area contributed by atoms with Crippen molar-refractivity contribution < 1.29 is 57.7 Å². The molecule has 16 nitrogen and oxygen atoms in total. The lowest BCUT2D eigenvalue weighted by atomic mass is 10.1. The Kier molecular flexibility index (Phi) is 15.5. The van der Waals surface area contributed by atoms with Gasteiger partial charge in [0.25, 0.3) is 11.8 Å². The number of carbonyl (C=O) groups is 6. The molecule has 5 amide bonds. The summed E-state index contributed by atoms with van der Waals surface area (Å²) in [7, 11) is -6.29. The van der Waals surface area contributed by atoms with Crippen molar-refractivity contribution in [3.05, 3.63) is 70.8 Å². The molecule has 0 unspecified atom stereocenters. The van der Waals surface area contributed by atoms with Crippen LogP contribution in [0.2, 0.25) is 0 Å². The van der Waals surface area contributed by atoms with E-state index in [2.05, 4.69) is 10.6 Å². The Morgan fingerprint density at radius 2 is 1.24 bits per heavy atom. The van der Waals surface area contributed by atoms with Crippen molar-refractivity contribution in [1.82, 2.24) is 20.6 Å². The first-order valence-electron chi connectivity index (χ1n) is 15.4. The predicted molar refractivity (Wildman–Crippen MR) is 175 cm³/mol. The molecule has 1 aliphatic heterocycles. The van der Waals surface area contributed by atoms with E-state index < -0.39 is 39.9 Å². The summed E-state index contributed by atoms with van der Waals surface area (Å²) in [5.74, 6) is -3.08. The van der Waals surface area contributed by atoms with Crippen molar-refractivity contribution in [2.45, 2.75) is 57.3 Å². The summed E-state index contributed by atoms with van der Waals surface area (Å²) in [6, 6.07) is 13.1.